The minimum atomic E-state index is -0.678. The molecule has 1 aromatic heterocycles. The molecule has 1 aliphatic carbocycles. The minimum absolute atomic E-state index is 0.179. The van der Waals surface area contributed by atoms with Gasteiger partial charge in [0.2, 0.25) is 0 Å². The van der Waals surface area contributed by atoms with Gasteiger partial charge in [-0.1, -0.05) is 12.8 Å². The molecule has 3 rings (SSSR count). The maximum Gasteiger partial charge on any atom is 0.309 e. The highest BCUT2D eigenvalue weighted by molar-refractivity contribution is 5.71. The van der Waals surface area contributed by atoms with Crippen molar-refractivity contribution in [1.29, 1.82) is 0 Å². The number of carbonyl (C=O) groups is 1. The summed E-state index contributed by atoms with van der Waals surface area (Å²) in [5, 5.41) is 13.4. The first-order chi connectivity index (χ1) is 8.72. The van der Waals surface area contributed by atoms with Crippen LogP contribution < -0.4 is 0 Å². The lowest BCUT2D eigenvalue weighted by molar-refractivity contribution is -0.147. The molecule has 5 heteroatoms. The van der Waals surface area contributed by atoms with Crippen LogP contribution in [0, 0.1) is 5.92 Å². The number of carboxylic acid groups (broad SMARTS) is 1. The van der Waals surface area contributed by atoms with Gasteiger partial charge in [-0.25, -0.2) is 0 Å². The standard InChI is InChI=1S/C13H19N3O2/c17-13(18)10-7-15(8-10)9-11-5-6-16(14-11)12-3-1-2-4-12/h5-6,10,12H,1-4,7-9H2,(H,17,18). The van der Waals surface area contributed by atoms with Gasteiger partial charge in [-0.05, 0) is 18.9 Å². The van der Waals surface area contributed by atoms with E-state index in [0.717, 1.165) is 12.2 Å². The van der Waals surface area contributed by atoms with Gasteiger partial charge in [-0.3, -0.25) is 14.4 Å². The molecule has 1 saturated carbocycles. The second kappa shape index (κ2) is 4.72. The van der Waals surface area contributed by atoms with E-state index in [4.69, 9.17) is 5.11 Å². The van der Waals surface area contributed by atoms with E-state index in [1.807, 2.05) is 0 Å². The molecule has 98 valence electrons. The monoisotopic (exact) mass is 249 g/mol. The van der Waals surface area contributed by atoms with Gasteiger partial charge in [-0.15, -0.1) is 0 Å². The first-order valence-corrected chi connectivity index (χ1v) is 6.71. The van der Waals surface area contributed by atoms with Crippen molar-refractivity contribution in [3.8, 4) is 0 Å². The van der Waals surface area contributed by atoms with Crippen molar-refractivity contribution in [2.75, 3.05) is 13.1 Å². The Morgan fingerprint density at radius 2 is 2.11 bits per heavy atom. The summed E-state index contributed by atoms with van der Waals surface area (Å²) < 4.78 is 2.09. The number of likely N-dealkylation sites (tertiary alicyclic amines) is 1. The van der Waals surface area contributed by atoms with Crippen molar-refractivity contribution in [3.63, 3.8) is 0 Å². The molecule has 1 saturated heterocycles. The summed E-state index contributed by atoms with van der Waals surface area (Å²) in [4.78, 5) is 12.9. The predicted molar refractivity (Wildman–Crippen MR) is 66.1 cm³/mol. The SMILES string of the molecule is O=C(O)C1CN(Cc2ccn(C3CCCC3)n2)C1. The third-order valence-corrected chi connectivity index (χ3v) is 4.05. The van der Waals surface area contributed by atoms with Crippen molar-refractivity contribution >= 4 is 5.97 Å². The summed E-state index contributed by atoms with van der Waals surface area (Å²) in [6.07, 6.45) is 7.18. The van der Waals surface area contributed by atoms with Crippen LogP contribution in [0.2, 0.25) is 0 Å². The molecule has 1 aliphatic heterocycles. The van der Waals surface area contributed by atoms with Gasteiger partial charge in [-0.2, -0.15) is 5.10 Å². The molecule has 2 heterocycles. The lowest BCUT2D eigenvalue weighted by Gasteiger charge is -2.35. The highest BCUT2D eigenvalue weighted by atomic mass is 16.4. The molecule has 0 spiro atoms. The van der Waals surface area contributed by atoms with Crippen LogP contribution in [0.25, 0.3) is 0 Å². The van der Waals surface area contributed by atoms with Crippen LogP contribution in [0.3, 0.4) is 0 Å². The van der Waals surface area contributed by atoms with Crippen molar-refractivity contribution in [3.05, 3.63) is 18.0 Å². The van der Waals surface area contributed by atoms with Crippen molar-refractivity contribution in [1.82, 2.24) is 14.7 Å². The maximum atomic E-state index is 10.7. The number of carboxylic acids is 1. The van der Waals surface area contributed by atoms with E-state index in [2.05, 4.69) is 26.9 Å². The molecular formula is C13H19N3O2. The Hall–Kier alpha value is -1.36. The average Bonchev–Trinajstić information content (AvgIpc) is 2.92. The Kier molecular flexibility index (Phi) is 3.07. The number of aliphatic carboxylic acids is 1. The third kappa shape index (κ3) is 2.27. The Morgan fingerprint density at radius 3 is 2.78 bits per heavy atom. The number of hydrogen-bond acceptors (Lipinski definition) is 3. The second-order valence-corrected chi connectivity index (χ2v) is 5.45. The normalized spacial score (nSPS) is 22.2. The van der Waals surface area contributed by atoms with Crippen LogP contribution in [0.1, 0.15) is 37.4 Å². The predicted octanol–water partition coefficient (Wildman–Crippen LogP) is 1.51. The van der Waals surface area contributed by atoms with Gasteiger partial charge in [0.1, 0.15) is 0 Å². The van der Waals surface area contributed by atoms with Gasteiger partial charge in [0.15, 0.2) is 0 Å². The van der Waals surface area contributed by atoms with Crippen molar-refractivity contribution in [2.45, 2.75) is 38.3 Å². The largest absolute Gasteiger partial charge is 0.481 e. The van der Waals surface area contributed by atoms with E-state index in [9.17, 15) is 4.79 Å². The van der Waals surface area contributed by atoms with Crippen LogP contribution in [-0.4, -0.2) is 38.8 Å². The van der Waals surface area contributed by atoms with Crippen LogP contribution in [0.4, 0.5) is 0 Å². The van der Waals surface area contributed by atoms with Crippen LogP contribution >= 0.6 is 0 Å². The summed E-state index contributed by atoms with van der Waals surface area (Å²) in [7, 11) is 0. The van der Waals surface area contributed by atoms with E-state index < -0.39 is 5.97 Å². The van der Waals surface area contributed by atoms with Crippen molar-refractivity contribution in [2.24, 2.45) is 5.92 Å². The lowest BCUT2D eigenvalue weighted by Crippen LogP contribution is -2.49. The Bertz CT molecular complexity index is 431. The molecule has 2 aliphatic rings. The topological polar surface area (TPSA) is 58.4 Å². The van der Waals surface area contributed by atoms with Gasteiger partial charge in [0.05, 0.1) is 17.7 Å². The molecule has 0 radical (unpaired) electrons. The molecule has 1 N–H and O–H groups in total. The maximum absolute atomic E-state index is 10.7. The van der Waals surface area contributed by atoms with Crippen molar-refractivity contribution < 1.29 is 9.90 Å². The third-order valence-electron chi connectivity index (χ3n) is 4.05. The van der Waals surface area contributed by atoms with Crippen LogP contribution in [0.15, 0.2) is 12.3 Å². The second-order valence-electron chi connectivity index (χ2n) is 5.45. The fourth-order valence-corrected chi connectivity index (χ4v) is 2.92. The zero-order valence-corrected chi connectivity index (χ0v) is 10.5. The summed E-state index contributed by atoms with van der Waals surface area (Å²) in [6.45, 7) is 2.10. The van der Waals surface area contributed by atoms with E-state index in [1.54, 1.807) is 0 Å². The fraction of sp³-hybridized carbons (Fsp3) is 0.692. The van der Waals surface area contributed by atoms with Gasteiger partial charge >= 0.3 is 5.97 Å². The molecule has 0 aromatic carbocycles. The average molecular weight is 249 g/mol. The minimum Gasteiger partial charge on any atom is -0.481 e. The van der Waals surface area contributed by atoms with E-state index in [1.165, 1.54) is 25.7 Å². The van der Waals surface area contributed by atoms with Gasteiger partial charge in [0.25, 0.3) is 0 Å². The molecule has 0 unspecified atom stereocenters. The Labute approximate surface area is 106 Å². The Morgan fingerprint density at radius 1 is 1.39 bits per heavy atom. The number of nitrogens with zero attached hydrogens (tertiary/aromatic N) is 3. The number of aromatic nitrogens is 2. The zero-order valence-electron chi connectivity index (χ0n) is 10.5. The molecule has 0 bridgehead atoms. The number of hydrogen-bond donors (Lipinski definition) is 1. The molecule has 1 aromatic rings. The molecule has 2 fully saturated rings. The summed E-state index contributed by atoms with van der Waals surface area (Å²) in [5.41, 5.74) is 1.06. The first kappa shape index (κ1) is 11.7. The zero-order chi connectivity index (χ0) is 12.5. The van der Waals surface area contributed by atoms with Crippen LogP contribution in [0.5, 0.6) is 0 Å². The first-order valence-electron chi connectivity index (χ1n) is 6.71. The Balaban J connectivity index is 1.53. The van der Waals surface area contributed by atoms with Gasteiger partial charge < -0.3 is 5.11 Å². The smallest absolute Gasteiger partial charge is 0.309 e. The molecule has 5 nitrogen and oxygen atoms in total. The summed E-state index contributed by atoms with van der Waals surface area (Å²) in [6, 6.07) is 2.65. The van der Waals surface area contributed by atoms with E-state index in [-0.39, 0.29) is 5.92 Å². The molecular weight excluding hydrogens is 230 g/mol. The molecule has 18 heavy (non-hydrogen) atoms. The van der Waals surface area contributed by atoms with Gasteiger partial charge in [0, 0.05) is 25.8 Å². The molecule has 0 atom stereocenters. The van der Waals surface area contributed by atoms with E-state index in [0.29, 0.717) is 19.1 Å². The summed E-state index contributed by atoms with van der Waals surface area (Å²) >= 11 is 0. The van der Waals surface area contributed by atoms with Crippen LogP contribution in [-0.2, 0) is 11.3 Å². The number of rotatable bonds is 4. The highest BCUT2D eigenvalue weighted by Gasteiger charge is 2.32. The highest BCUT2D eigenvalue weighted by Crippen LogP contribution is 2.29. The summed E-state index contributed by atoms with van der Waals surface area (Å²) in [5.74, 6) is -0.857. The lowest BCUT2D eigenvalue weighted by atomic mass is 10.0. The molecule has 0 amide bonds. The fourth-order valence-electron chi connectivity index (χ4n) is 2.92. The quantitative estimate of drug-likeness (QED) is 0.879. The van der Waals surface area contributed by atoms with E-state index >= 15 is 0 Å².